The first-order chi connectivity index (χ1) is 10.1. The van der Waals surface area contributed by atoms with Gasteiger partial charge in [-0.25, -0.2) is 4.68 Å². The van der Waals surface area contributed by atoms with Crippen LogP contribution in [0.1, 0.15) is 26.2 Å². The molecule has 1 aliphatic carbocycles. The molecule has 1 saturated heterocycles. The molecule has 2 atom stereocenters. The van der Waals surface area contributed by atoms with Crippen LogP contribution in [0, 0.1) is 17.8 Å². The lowest BCUT2D eigenvalue weighted by atomic mass is 9.87. The summed E-state index contributed by atoms with van der Waals surface area (Å²) in [4.78, 5) is 14.8. The molecule has 0 radical (unpaired) electrons. The molecule has 21 heavy (non-hydrogen) atoms. The first-order valence-corrected chi connectivity index (χ1v) is 8.18. The Bertz CT molecular complexity index is 569. The maximum Gasteiger partial charge on any atom is 0.291 e. The van der Waals surface area contributed by atoms with Gasteiger partial charge in [-0.1, -0.05) is 18.5 Å². The Labute approximate surface area is 130 Å². The quantitative estimate of drug-likeness (QED) is 0.920. The highest BCUT2D eigenvalue weighted by atomic mass is 35.5. The summed E-state index contributed by atoms with van der Waals surface area (Å²) in [6.07, 6.45) is 5.05. The molecule has 2 N–H and O–H groups in total. The van der Waals surface area contributed by atoms with Crippen molar-refractivity contribution in [2.24, 2.45) is 23.5 Å². The lowest BCUT2D eigenvalue weighted by Crippen LogP contribution is -2.45. The van der Waals surface area contributed by atoms with Gasteiger partial charge in [0.25, 0.3) is 5.56 Å². The van der Waals surface area contributed by atoms with Crippen molar-refractivity contribution in [3.63, 3.8) is 0 Å². The second-order valence-electron chi connectivity index (χ2n) is 6.48. The van der Waals surface area contributed by atoms with Crippen LogP contribution in [0.3, 0.4) is 0 Å². The van der Waals surface area contributed by atoms with E-state index in [1.165, 1.54) is 12.8 Å². The number of piperidine rings is 1. The minimum absolute atomic E-state index is 0.0558. The number of nitrogens with zero attached hydrogens (tertiary/aromatic N) is 3. The van der Waals surface area contributed by atoms with Crippen LogP contribution in [0.5, 0.6) is 0 Å². The number of hydrogen-bond donors (Lipinski definition) is 1. The van der Waals surface area contributed by atoms with Gasteiger partial charge in [0.05, 0.1) is 11.2 Å². The molecule has 3 rings (SSSR count). The third-order valence-electron chi connectivity index (χ3n) is 4.83. The second kappa shape index (κ2) is 5.97. The monoisotopic (exact) mass is 310 g/mol. The topological polar surface area (TPSA) is 64.2 Å². The molecule has 0 aromatic carbocycles. The van der Waals surface area contributed by atoms with E-state index < -0.39 is 0 Å². The molecule has 1 aliphatic heterocycles. The second-order valence-corrected chi connectivity index (χ2v) is 6.89. The van der Waals surface area contributed by atoms with Crippen molar-refractivity contribution < 1.29 is 0 Å². The van der Waals surface area contributed by atoms with Gasteiger partial charge in [-0.2, -0.15) is 5.10 Å². The van der Waals surface area contributed by atoms with Gasteiger partial charge >= 0.3 is 0 Å². The molecule has 2 aliphatic rings. The summed E-state index contributed by atoms with van der Waals surface area (Å²) in [6.45, 7) is 5.26. The summed E-state index contributed by atoms with van der Waals surface area (Å²) in [5, 5.41) is 4.64. The first-order valence-electron chi connectivity index (χ1n) is 7.80. The molecule has 0 spiro atoms. The molecule has 1 aromatic heterocycles. The van der Waals surface area contributed by atoms with E-state index in [1.807, 2.05) is 0 Å². The minimum atomic E-state index is -0.0558. The zero-order valence-electron chi connectivity index (χ0n) is 12.5. The molecule has 2 unspecified atom stereocenters. The Balaban J connectivity index is 1.88. The molecule has 0 amide bonds. The van der Waals surface area contributed by atoms with Crippen LogP contribution in [0.15, 0.2) is 11.0 Å². The lowest BCUT2D eigenvalue weighted by Gasteiger charge is -2.37. The van der Waals surface area contributed by atoms with Gasteiger partial charge in [0.1, 0.15) is 5.69 Å². The van der Waals surface area contributed by atoms with E-state index in [-0.39, 0.29) is 5.56 Å². The number of halogens is 1. The van der Waals surface area contributed by atoms with Gasteiger partial charge in [0.2, 0.25) is 0 Å². The lowest BCUT2D eigenvalue weighted by molar-refractivity contribution is 0.307. The fourth-order valence-corrected chi connectivity index (χ4v) is 3.32. The molecule has 5 nitrogen and oxygen atoms in total. The van der Waals surface area contributed by atoms with Crippen molar-refractivity contribution in [3.8, 4) is 0 Å². The zero-order chi connectivity index (χ0) is 15.0. The average Bonchev–Trinajstić information content (AvgIpc) is 3.28. The van der Waals surface area contributed by atoms with Crippen molar-refractivity contribution in [2.45, 2.75) is 32.7 Å². The molecular formula is C15H23ClN4O. The molecular weight excluding hydrogens is 288 g/mol. The van der Waals surface area contributed by atoms with Gasteiger partial charge in [0, 0.05) is 19.6 Å². The Kier molecular flexibility index (Phi) is 4.22. The van der Waals surface area contributed by atoms with Gasteiger partial charge < -0.3 is 10.6 Å². The van der Waals surface area contributed by atoms with E-state index in [1.54, 1.807) is 10.9 Å². The fraction of sp³-hybridized carbons (Fsp3) is 0.733. The normalized spacial score (nSPS) is 26.1. The van der Waals surface area contributed by atoms with Crippen LogP contribution in [0.25, 0.3) is 0 Å². The molecule has 1 aromatic rings. The summed E-state index contributed by atoms with van der Waals surface area (Å²) in [7, 11) is 0. The Morgan fingerprint density at radius 2 is 2.19 bits per heavy atom. The van der Waals surface area contributed by atoms with Crippen molar-refractivity contribution in [1.82, 2.24) is 9.78 Å². The Morgan fingerprint density at radius 3 is 2.86 bits per heavy atom. The fourth-order valence-electron chi connectivity index (χ4n) is 3.08. The SMILES string of the molecule is CC1CCN(c2c(Cl)cnn(CC3CC3)c2=O)CC1CN. The first kappa shape index (κ1) is 14.9. The number of nitrogens with two attached hydrogens (primary N) is 1. The van der Waals surface area contributed by atoms with E-state index in [4.69, 9.17) is 17.3 Å². The average molecular weight is 311 g/mol. The number of aromatic nitrogens is 2. The Morgan fingerprint density at radius 1 is 1.43 bits per heavy atom. The summed E-state index contributed by atoms with van der Waals surface area (Å²) in [5.74, 6) is 1.63. The standard InChI is InChI=1S/C15H23ClN4O/c1-10-4-5-19(9-12(10)6-17)14-13(16)7-18-20(15(14)21)8-11-2-3-11/h7,10-12H,2-6,8-9,17H2,1H3. The van der Waals surface area contributed by atoms with E-state index in [2.05, 4.69) is 16.9 Å². The zero-order valence-corrected chi connectivity index (χ0v) is 13.2. The van der Waals surface area contributed by atoms with Crippen molar-refractivity contribution in [2.75, 3.05) is 24.5 Å². The maximum atomic E-state index is 12.7. The summed E-state index contributed by atoms with van der Waals surface area (Å²) < 4.78 is 1.58. The molecule has 2 heterocycles. The number of rotatable bonds is 4. The van der Waals surface area contributed by atoms with E-state index in [0.717, 1.165) is 19.5 Å². The summed E-state index contributed by atoms with van der Waals surface area (Å²) in [6, 6.07) is 0. The van der Waals surface area contributed by atoms with E-state index >= 15 is 0 Å². The third kappa shape index (κ3) is 3.09. The van der Waals surface area contributed by atoms with Crippen LogP contribution < -0.4 is 16.2 Å². The maximum absolute atomic E-state index is 12.7. The molecule has 116 valence electrons. The molecule has 0 bridgehead atoms. The van der Waals surface area contributed by atoms with Crippen molar-refractivity contribution in [1.29, 1.82) is 0 Å². The van der Waals surface area contributed by atoms with Gasteiger partial charge in [-0.15, -0.1) is 0 Å². The molecule has 2 fully saturated rings. The van der Waals surface area contributed by atoms with Gasteiger partial charge in [-0.3, -0.25) is 4.79 Å². The van der Waals surface area contributed by atoms with Gasteiger partial charge in [-0.05, 0) is 43.6 Å². The van der Waals surface area contributed by atoms with Crippen LogP contribution >= 0.6 is 11.6 Å². The van der Waals surface area contributed by atoms with Crippen LogP contribution in [-0.2, 0) is 6.54 Å². The van der Waals surface area contributed by atoms with Crippen molar-refractivity contribution in [3.05, 3.63) is 21.6 Å². The van der Waals surface area contributed by atoms with Gasteiger partial charge in [0.15, 0.2) is 0 Å². The third-order valence-corrected chi connectivity index (χ3v) is 5.11. The van der Waals surface area contributed by atoms with Crippen LogP contribution in [0.4, 0.5) is 5.69 Å². The largest absolute Gasteiger partial charge is 0.365 e. The van der Waals surface area contributed by atoms with E-state index in [0.29, 0.717) is 41.6 Å². The smallest absolute Gasteiger partial charge is 0.291 e. The van der Waals surface area contributed by atoms with Crippen LogP contribution in [-0.4, -0.2) is 29.4 Å². The van der Waals surface area contributed by atoms with E-state index in [9.17, 15) is 4.79 Å². The molecule has 1 saturated carbocycles. The molecule has 6 heteroatoms. The Hall–Kier alpha value is -1.07. The number of anilines is 1. The highest BCUT2D eigenvalue weighted by molar-refractivity contribution is 6.33. The number of hydrogen-bond acceptors (Lipinski definition) is 4. The van der Waals surface area contributed by atoms with Crippen molar-refractivity contribution >= 4 is 17.3 Å². The minimum Gasteiger partial charge on any atom is -0.365 e. The summed E-state index contributed by atoms with van der Waals surface area (Å²) in [5.41, 5.74) is 6.41. The predicted octanol–water partition coefficient (Wildman–Crippen LogP) is 1.73. The highest BCUT2D eigenvalue weighted by Gasteiger charge is 2.29. The van der Waals surface area contributed by atoms with Crippen LogP contribution in [0.2, 0.25) is 5.02 Å². The summed E-state index contributed by atoms with van der Waals surface area (Å²) >= 11 is 6.27. The predicted molar refractivity (Wildman–Crippen MR) is 84.8 cm³/mol. The highest BCUT2D eigenvalue weighted by Crippen LogP contribution is 2.31.